The molecule has 0 aromatic rings. The van der Waals surface area contributed by atoms with Gasteiger partial charge in [-0.3, -0.25) is 9.69 Å². The molecule has 1 aliphatic heterocycles. The summed E-state index contributed by atoms with van der Waals surface area (Å²) in [5, 5.41) is 0. The fourth-order valence-corrected chi connectivity index (χ4v) is 3.26. The third kappa shape index (κ3) is 5.73. The molecule has 0 saturated carbocycles. The summed E-state index contributed by atoms with van der Waals surface area (Å²) < 4.78 is 0. The first-order valence-corrected chi connectivity index (χ1v) is 9.44. The molecule has 1 unspecified atom stereocenters. The summed E-state index contributed by atoms with van der Waals surface area (Å²) in [7, 11) is 0. The summed E-state index contributed by atoms with van der Waals surface area (Å²) in [6.45, 7) is 20.7. The van der Waals surface area contributed by atoms with Gasteiger partial charge in [0.25, 0.3) is 0 Å². The number of nitrogens with zero attached hydrogens (tertiary/aromatic N) is 1. The number of hydrogen-bond acceptors (Lipinski definition) is 2. The number of Topliss-reactive ketones (excluding diaryl/α,β-unsaturated/α-hetero) is 1. The van der Waals surface area contributed by atoms with Crippen LogP contribution in [0.4, 0.5) is 0 Å². The van der Waals surface area contributed by atoms with E-state index in [1.54, 1.807) is 0 Å². The molecule has 24 heavy (non-hydrogen) atoms. The van der Waals surface area contributed by atoms with E-state index >= 15 is 0 Å². The van der Waals surface area contributed by atoms with Crippen molar-refractivity contribution in [3.05, 3.63) is 35.5 Å². The number of carbonyl (C=O) groups excluding carboxylic acids is 1. The van der Waals surface area contributed by atoms with Gasteiger partial charge in [0.2, 0.25) is 0 Å². The van der Waals surface area contributed by atoms with E-state index < -0.39 is 5.54 Å². The van der Waals surface area contributed by atoms with Gasteiger partial charge in [-0.05, 0) is 39.5 Å². The third-order valence-electron chi connectivity index (χ3n) is 4.99. The lowest BCUT2D eigenvalue weighted by Crippen LogP contribution is -2.54. The highest BCUT2D eigenvalue weighted by atomic mass is 16.1. The summed E-state index contributed by atoms with van der Waals surface area (Å²) in [5.74, 6) is 0.248. The maximum Gasteiger partial charge on any atom is 0.182 e. The minimum Gasteiger partial charge on any atom is -0.292 e. The van der Waals surface area contributed by atoms with Gasteiger partial charge in [0.05, 0.1) is 5.54 Å². The van der Waals surface area contributed by atoms with Crippen LogP contribution in [0, 0.1) is 5.41 Å². The van der Waals surface area contributed by atoms with E-state index in [9.17, 15) is 4.79 Å². The predicted octanol–water partition coefficient (Wildman–Crippen LogP) is 5.95. The summed E-state index contributed by atoms with van der Waals surface area (Å²) in [6.07, 6.45) is 10.0. The molecule has 0 aromatic heterocycles. The molecule has 0 aromatic carbocycles. The molecule has 1 aliphatic rings. The van der Waals surface area contributed by atoms with E-state index in [4.69, 9.17) is 0 Å². The highest BCUT2D eigenvalue weighted by molar-refractivity contribution is 6.04. The number of hydrogen-bond donors (Lipinski definition) is 0. The molecule has 0 aliphatic carbocycles. The molecular formula is C22H39NO. The van der Waals surface area contributed by atoms with Crippen LogP contribution < -0.4 is 0 Å². The Labute approximate surface area is 150 Å². The molecular weight excluding hydrogens is 294 g/mol. The van der Waals surface area contributed by atoms with Gasteiger partial charge in [-0.1, -0.05) is 70.9 Å². The van der Waals surface area contributed by atoms with Crippen LogP contribution in [0.2, 0.25) is 0 Å². The molecule has 138 valence electrons. The number of rotatable bonds is 7. The van der Waals surface area contributed by atoms with Crippen molar-refractivity contribution >= 4 is 5.78 Å². The van der Waals surface area contributed by atoms with Crippen LogP contribution in [-0.4, -0.2) is 29.3 Å². The van der Waals surface area contributed by atoms with Gasteiger partial charge in [0, 0.05) is 18.7 Å². The quantitative estimate of drug-likeness (QED) is 0.326. The van der Waals surface area contributed by atoms with E-state index in [-0.39, 0.29) is 11.2 Å². The first-order valence-electron chi connectivity index (χ1n) is 9.44. The van der Waals surface area contributed by atoms with Crippen molar-refractivity contribution in [2.45, 2.75) is 80.7 Å². The van der Waals surface area contributed by atoms with Crippen molar-refractivity contribution in [2.24, 2.45) is 5.41 Å². The third-order valence-corrected chi connectivity index (χ3v) is 4.99. The van der Waals surface area contributed by atoms with Crippen LogP contribution in [0.15, 0.2) is 35.5 Å². The van der Waals surface area contributed by atoms with Gasteiger partial charge < -0.3 is 0 Å². The molecule has 0 amide bonds. The fraction of sp³-hybridized carbons (Fsp3) is 0.682. The Morgan fingerprint density at radius 3 is 2.21 bits per heavy atom. The van der Waals surface area contributed by atoms with Crippen molar-refractivity contribution in [2.75, 3.05) is 13.1 Å². The normalized spacial score (nSPS) is 18.9. The first-order chi connectivity index (χ1) is 11.2. The van der Waals surface area contributed by atoms with Gasteiger partial charge in [-0.15, -0.1) is 0 Å². The average molecular weight is 334 g/mol. The summed E-state index contributed by atoms with van der Waals surface area (Å²) in [4.78, 5) is 15.6. The molecule has 1 rings (SSSR count). The monoisotopic (exact) mass is 333 g/mol. The van der Waals surface area contributed by atoms with Crippen LogP contribution in [0.25, 0.3) is 0 Å². The Bertz CT molecular complexity index is 496. The Morgan fingerprint density at radius 1 is 1.25 bits per heavy atom. The second kappa shape index (κ2) is 9.98. The Kier molecular flexibility index (Phi) is 9.50. The number of ketones is 1. The summed E-state index contributed by atoms with van der Waals surface area (Å²) in [6, 6.07) is 0. The molecule has 0 fully saturated rings. The molecule has 0 saturated heterocycles. The fourth-order valence-electron chi connectivity index (χ4n) is 3.26. The van der Waals surface area contributed by atoms with Gasteiger partial charge in [-0.2, -0.15) is 0 Å². The molecule has 0 spiro atoms. The van der Waals surface area contributed by atoms with Crippen molar-refractivity contribution in [3.8, 4) is 0 Å². The molecule has 0 N–H and O–H groups in total. The minimum absolute atomic E-state index is 0.148. The zero-order valence-corrected chi connectivity index (χ0v) is 17.5. The van der Waals surface area contributed by atoms with Crippen LogP contribution in [0.1, 0.15) is 75.2 Å². The second-order valence-corrected chi connectivity index (χ2v) is 7.47. The lowest BCUT2D eigenvalue weighted by molar-refractivity contribution is -0.127. The van der Waals surface area contributed by atoms with Gasteiger partial charge in [-0.25, -0.2) is 0 Å². The van der Waals surface area contributed by atoms with Crippen molar-refractivity contribution in [1.82, 2.24) is 4.90 Å². The molecule has 2 heteroatoms. The summed E-state index contributed by atoms with van der Waals surface area (Å²) in [5.41, 5.74) is 1.88. The van der Waals surface area contributed by atoms with Gasteiger partial charge in [0.15, 0.2) is 5.78 Å². The first kappa shape index (κ1) is 22.9. The van der Waals surface area contributed by atoms with Gasteiger partial charge in [0.1, 0.15) is 0 Å². The van der Waals surface area contributed by atoms with Crippen molar-refractivity contribution < 1.29 is 4.79 Å². The minimum atomic E-state index is -0.449. The molecule has 0 radical (unpaired) electrons. The van der Waals surface area contributed by atoms with Crippen LogP contribution in [0.3, 0.4) is 0 Å². The smallest absolute Gasteiger partial charge is 0.182 e. The molecule has 1 atom stereocenters. The highest BCUT2D eigenvalue weighted by Crippen LogP contribution is 2.38. The van der Waals surface area contributed by atoms with E-state index in [1.807, 2.05) is 45.9 Å². The zero-order chi connectivity index (χ0) is 19.0. The topological polar surface area (TPSA) is 20.3 Å². The predicted molar refractivity (Wildman–Crippen MR) is 107 cm³/mol. The lowest BCUT2D eigenvalue weighted by atomic mass is 9.73. The maximum absolute atomic E-state index is 13.3. The van der Waals surface area contributed by atoms with Crippen molar-refractivity contribution in [1.29, 1.82) is 0 Å². The largest absolute Gasteiger partial charge is 0.292 e. The van der Waals surface area contributed by atoms with Crippen LogP contribution in [0.5, 0.6) is 0 Å². The van der Waals surface area contributed by atoms with Gasteiger partial charge >= 0.3 is 0 Å². The van der Waals surface area contributed by atoms with Crippen LogP contribution >= 0.6 is 0 Å². The summed E-state index contributed by atoms with van der Waals surface area (Å²) >= 11 is 0. The standard InChI is InChI=1S/C20H33NO.C2H6/c1-8-11-17(9-2)18(22)20(7,15-19(5,6)10-3)21-13-12-16(4)14-21;1-2/h8-9,11-12H,10,13-15H2,1-7H3;1-2H3/b11-8-,17-9+;. The van der Waals surface area contributed by atoms with E-state index in [0.717, 1.165) is 31.5 Å². The van der Waals surface area contributed by atoms with E-state index in [0.29, 0.717) is 0 Å². The average Bonchev–Trinajstić information content (AvgIpc) is 3.00. The number of carbonyl (C=O) groups is 1. The van der Waals surface area contributed by atoms with Crippen LogP contribution in [-0.2, 0) is 4.79 Å². The zero-order valence-electron chi connectivity index (χ0n) is 17.5. The maximum atomic E-state index is 13.3. The molecule has 1 heterocycles. The molecule has 0 bridgehead atoms. The van der Waals surface area contributed by atoms with Crippen molar-refractivity contribution in [3.63, 3.8) is 0 Å². The Morgan fingerprint density at radius 2 is 1.83 bits per heavy atom. The second-order valence-electron chi connectivity index (χ2n) is 7.47. The number of allylic oxidation sites excluding steroid dienone is 3. The highest BCUT2D eigenvalue weighted by Gasteiger charge is 2.44. The molecule has 2 nitrogen and oxygen atoms in total. The SMILES string of the molecule is C/C=C\C(=C/C)C(=O)C(C)(CC(C)(C)CC)N1CC=C(C)C1.CC. The van der Waals surface area contributed by atoms with E-state index in [1.165, 1.54) is 5.57 Å². The van der Waals surface area contributed by atoms with E-state index in [2.05, 4.69) is 45.6 Å². The Hall–Kier alpha value is -1.15. The lowest BCUT2D eigenvalue weighted by Gasteiger charge is -2.43. The Balaban J connectivity index is 0.00000254.